The van der Waals surface area contributed by atoms with Crippen LogP contribution in [0.25, 0.3) is 10.9 Å². The molecular weight excluding hydrogens is 276 g/mol. The van der Waals surface area contributed by atoms with Crippen molar-refractivity contribution < 1.29 is 4.74 Å². The van der Waals surface area contributed by atoms with Crippen LogP contribution in [-0.4, -0.2) is 21.6 Å². The molecule has 5 heteroatoms. The van der Waals surface area contributed by atoms with Gasteiger partial charge in [0.15, 0.2) is 0 Å². The lowest BCUT2D eigenvalue weighted by Crippen LogP contribution is -2.05. The summed E-state index contributed by atoms with van der Waals surface area (Å²) in [5.41, 5.74) is 4.46. The van der Waals surface area contributed by atoms with Gasteiger partial charge >= 0.3 is 0 Å². The van der Waals surface area contributed by atoms with E-state index in [0.29, 0.717) is 0 Å². The summed E-state index contributed by atoms with van der Waals surface area (Å²) in [7, 11) is 3.77. The Kier molecular flexibility index (Phi) is 2.82. The SMILES string of the molecule is COc1ccc2c(c1)c(C1Cc3nc(C)cnc3N1)cn2C. The fourth-order valence-electron chi connectivity index (χ4n) is 3.19. The van der Waals surface area contributed by atoms with Crippen molar-refractivity contribution in [3.8, 4) is 5.75 Å². The van der Waals surface area contributed by atoms with Gasteiger partial charge in [-0.2, -0.15) is 0 Å². The molecule has 22 heavy (non-hydrogen) atoms. The zero-order valence-electron chi connectivity index (χ0n) is 12.9. The van der Waals surface area contributed by atoms with E-state index in [0.717, 1.165) is 29.4 Å². The molecule has 1 atom stereocenters. The molecule has 2 aromatic heterocycles. The highest BCUT2D eigenvalue weighted by Gasteiger charge is 2.27. The van der Waals surface area contributed by atoms with Gasteiger partial charge in [-0.05, 0) is 25.1 Å². The Bertz CT molecular complexity index is 868. The third-order valence-electron chi connectivity index (χ3n) is 4.28. The fraction of sp³-hybridized carbons (Fsp3) is 0.294. The van der Waals surface area contributed by atoms with Crippen molar-refractivity contribution in [2.45, 2.75) is 19.4 Å². The van der Waals surface area contributed by atoms with E-state index in [2.05, 4.69) is 45.2 Å². The van der Waals surface area contributed by atoms with Crippen molar-refractivity contribution in [3.63, 3.8) is 0 Å². The van der Waals surface area contributed by atoms with Crippen LogP contribution in [0.3, 0.4) is 0 Å². The Labute approximate surface area is 129 Å². The first-order chi connectivity index (χ1) is 10.7. The van der Waals surface area contributed by atoms with Gasteiger partial charge in [0.25, 0.3) is 0 Å². The molecule has 0 saturated carbocycles. The predicted molar refractivity (Wildman–Crippen MR) is 86.3 cm³/mol. The minimum absolute atomic E-state index is 0.201. The van der Waals surface area contributed by atoms with Crippen molar-refractivity contribution in [2.75, 3.05) is 12.4 Å². The first-order valence-corrected chi connectivity index (χ1v) is 7.37. The van der Waals surface area contributed by atoms with Crippen LogP contribution in [0.2, 0.25) is 0 Å². The van der Waals surface area contributed by atoms with Crippen LogP contribution in [0, 0.1) is 6.92 Å². The molecule has 0 amide bonds. The Morgan fingerprint density at radius 1 is 1.36 bits per heavy atom. The van der Waals surface area contributed by atoms with Crippen molar-refractivity contribution >= 4 is 16.7 Å². The van der Waals surface area contributed by atoms with Crippen molar-refractivity contribution in [1.29, 1.82) is 0 Å². The minimum atomic E-state index is 0.201. The largest absolute Gasteiger partial charge is 0.497 e. The monoisotopic (exact) mass is 294 g/mol. The summed E-state index contributed by atoms with van der Waals surface area (Å²) in [6.45, 7) is 1.98. The summed E-state index contributed by atoms with van der Waals surface area (Å²) in [6.07, 6.45) is 4.85. The molecule has 0 aliphatic carbocycles. The van der Waals surface area contributed by atoms with Gasteiger partial charge in [-0.1, -0.05) is 0 Å². The lowest BCUT2D eigenvalue weighted by atomic mass is 10.0. The summed E-state index contributed by atoms with van der Waals surface area (Å²) in [5.74, 6) is 1.78. The van der Waals surface area contributed by atoms with E-state index in [1.165, 1.54) is 16.5 Å². The number of nitrogens with zero attached hydrogens (tertiary/aromatic N) is 3. The Morgan fingerprint density at radius 3 is 3.05 bits per heavy atom. The maximum absolute atomic E-state index is 5.37. The third-order valence-corrected chi connectivity index (χ3v) is 4.28. The van der Waals surface area contributed by atoms with Gasteiger partial charge in [0.2, 0.25) is 0 Å². The fourth-order valence-corrected chi connectivity index (χ4v) is 3.19. The molecule has 1 aliphatic rings. The third kappa shape index (κ3) is 1.93. The highest BCUT2D eigenvalue weighted by Crippen LogP contribution is 2.36. The van der Waals surface area contributed by atoms with E-state index in [4.69, 9.17) is 4.74 Å². The average molecular weight is 294 g/mol. The lowest BCUT2D eigenvalue weighted by molar-refractivity contribution is 0.415. The van der Waals surface area contributed by atoms with Gasteiger partial charge in [-0.25, -0.2) is 4.98 Å². The second-order valence-electron chi connectivity index (χ2n) is 5.79. The van der Waals surface area contributed by atoms with E-state index < -0.39 is 0 Å². The smallest absolute Gasteiger partial charge is 0.148 e. The summed E-state index contributed by atoms with van der Waals surface area (Å²) < 4.78 is 7.53. The van der Waals surface area contributed by atoms with Crippen molar-refractivity contribution in [1.82, 2.24) is 14.5 Å². The number of methoxy groups -OCH3 is 1. The first kappa shape index (κ1) is 13.1. The van der Waals surface area contributed by atoms with E-state index >= 15 is 0 Å². The lowest BCUT2D eigenvalue weighted by Gasteiger charge is -2.10. The second kappa shape index (κ2) is 4.73. The van der Waals surface area contributed by atoms with E-state index in [9.17, 15) is 0 Å². The topological polar surface area (TPSA) is 52.0 Å². The number of hydrogen-bond acceptors (Lipinski definition) is 4. The molecule has 0 radical (unpaired) electrons. The van der Waals surface area contributed by atoms with Crippen molar-refractivity contribution in [3.05, 3.63) is 47.5 Å². The van der Waals surface area contributed by atoms with Crippen LogP contribution in [0.15, 0.2) is 30.6 Å². The first-order valence-electron chi connectivity index (χ1n) is 7.37. The Balaban J connectivity index is 1.79. The van der Waals surface area contributed by atoms with E-state index in [-0.39, 0.29) is 6.04 Å². The number of fused-ring (bicyclic) bond motifs is 2. The van der Waals surface area contributed by atoms with Gasteiger partial charge in [-0.3, -0.25) is 4.98 Å². The van der Waals surface area contributed by atoms with Crippen molar-refractivity contribution in [2.24, 2.45) is 7.05 Å². The van der Waals surface area contributed by atoms with Crippen LogP contribution < -0.4 is 10.1 Å². The molecule has 112 valence electrons. The summed E-state index contributed by atoms with van der Waals surface area (Å²) in [6, 6.07) is 6.39. The summed E-state index contributed by atoms with van der Waals surface area (Å²) in [5, 5.41) is 4.71. The highest BCUT2D eigenvalue weighted by atomic mass is 16.5. The number of hydrogen-bond donors (Lipinski definition) is 1. The number of aryl methyl sites for hydroxylation is 2. The molecule has 4 rings (SSSR count). The second-order valence-corrected chi connectivity index (χ2v) is 5.79. The van der Waals surface area contributed by atoms with Gasteiger partial charge in [0.1, 0.15) is 11.6 Å². The highest BCUT2D eigenvalue weighted by molar-refractivity contribution is 5.86. The molecule has 0 bridgehead atoms. The van der Waals surface area contributed by atoms with Gasteiger partial charge in [0.05, 0.1) is 30.7 Å². The molecule has 1 N–H and O–H groups in total. The number of ether oxygens (including phenoxy) is 1. The maximum atomic E-state index is 5.37. The number of benzene rings is 1. The normalized spacial score (nSPS) is 16.6. The van der Waals surface area contributed by atoms with E-state index in [1.54, 1.807) is 13.3 Å². The molecule has 1 unspecified atom stereocenters. The molecule has 3 aromatic rings. The average Bonchev–Trinajstić information content (AvgIpc) is 3.07. The predicted octanol–water partition coefficient (Wildman–Crippen LogP) is 2.99. The van der Waals surface area contributed by atoms with Crippen LogP contribution >= 0.6 is 0 Å². The Hall–Kier alpha value is -2.56. The summed E-state index contributed by atoms with van der Waals surface area (Å²) >= 11 is 0. The molecular formula is C17H18N4O. The molecule has 0 spiro atoms. The maximum Gasteiger partial charge on any atom is 0.148 e. The molecule has 3 heterocycles. The van der Waals surface area contributed by atoms with E-state index in [1.807, 2.05) is 13.0 Å². The summed E-state index contributed by atoms with van der Waals surface area (Å²) in [4.78, 5) is 9.04. The van der Waals surface area contributed by atoms with Gasteiger partial charge < -0.3 is 14.6 Å². The number of aromatic nitrogens is 3. The standard InChI is InChI=1S/C17H18N4O/c1-10-8-18-17-15(19-10)7-14(20-17)13-9-21(2)16-5-4-11(22-3)6-12(13)16/h4-6,8-9,14H,7H2,1-3H3,(H,18,20). The van der Waals surface area contributed by atoms with Crippen LogP contribution in [0.5, 0.6) is 5.75 Å². The zero-order valence-corrected chi connectivity index (χ0v) is 12.9. The molecule has 0 fully saturated rings. The van der Waals surface area contributed by atoms with Crippen LogP contribution in [0.1, 0.15) is 23.0 Å². The number of nitrogens with one attached hydrogen (secondary N) is 1. The zero-order chi connectivity index (χ0) is 15.3. The minimum Gasteiger partial charge on any atom is -0.497 e. The molecule has 1 aliphatic heterocycles. The molecule has 5 nitrogen and oxygen atoms in total. The van der Waals surface area contributed by atoms with Crippen LogP contribution in [-0.2, 0) is 13.5 Å². The number of anilines is 1. The molecule has 1 aromatic carbocycles. The number of rotatable bonds is 2. The van der Waals surface area contributed by atoms with Gasteiger partial charge in [0, 0.05) is 36.1 Å². The molecule has 0 saturated heterocycles. The van der Waals surface area contributed by atoms with Crippen LogP contribution in [0.4, 0.5) is 5.82 Å². The Morgan fingerprint density at radius 2 is 2.23 bits per heavy atom. The van der Waals surface area contributed by atoms with Gasteiger partial charge in [-0.15, -0.1) is 0 Å². The quantitative estimate of drug-likeness (QED) is 0.789.